The van der Waals surface area contributed by atoms with Crippen LogP contribution in [-0.2, 0) is 16.1 Å². The first-order valence-corrected chi connectivity index (χ1v) is 9.95. The van der Waals surface area contributed by atoms with Gasteiger partial charge in [0.05, 0.1) is 27.7 Å². The highest BCUT2D eigenvalue weighted by Crippen LogP contribution is 2.39. The number of carbonyl (C=O) groups is 1. The van der Waals surface area contributed by atoms with E-state index in [0.29, 0.717) is 6.61 Å². The van der Waals surface area contributed by atoms with Crippen LogP contribution in [0, 0.1) is 5.92 Å². The van der Waals surface area contributed by atoms with E-state index in [1.165, 1.54) is 4.70 Å². The Bertz CT molecular complexity index is 946. The van der Waals surface area contributed by atoms with Crippen LogP contribution in [0.1, 0.15) is 29.3 Å². The minimum atomic E-state index is -0.110. The highest BCUT2D eigenvalue weighted by molar-refractivity contribution is 7.18. The summed E-state index contributed by atoms with van der Waals surface area (Å²) >= 11 is 1.70. The molecule has 0 bridgehead atoms. The van der Waals surface area contributed by atoms with Gasteiger partial charge in [0.25, 0.3) is 0 Å². The van der Waals surface area contributed by atoms with Gasteiger partial charge in [0, 0.05) is 18.7 Å². The van der Waals surface area contributed by atoms with Crippen LogP contribution in [-0.4, -0.2) is 18.0 Å². The van der Waals surface area contributed by atoms with Crippen molar-refractivity contribution in [3.63, 3.8) is 0 Å². The number of benzene rings is 2. The number of aromatic nitrogens is 1. The van der Waals surface area contributed by atoms with Gasteiger partial charge in [0.15, 0.2) is 0 Å². The molecule has 1 N–H and O–H groups in total. The Balaban J connectivity index is 1.56. The fourth-order valence-corrected chi connectivity index (χ4v) is 4.71. The van der Waals surface area contributed by atoms with Gasteiger partial charge in [-0.05, 0) is 42.7 Å². The fourth-order valence-electron chi connectivity index (χ4n) is 3.57. The molecule has 2 atom stereocenters. The van der Waals surface area contributed by atoms with Crippen LogP contribution in [0.3, 0.4) is 0 Å². The van der Waals surface area contributed by atoms with E-state index in [1.807, 2.05) is 42.5 Å². The van der Waals surface area contributed by atoms with E-state index in [-0.39, 0.29) is 17.7 Å². The van der Waals surface area contributed by atoms with Crippen molar-refractivity contribution >= 4 is 33.1 Å². The molecule has 138 valence electrons. The Morgan fingerprint density at radius 1 is 1.19 bits per heavy atom. The molecule has 0 saturated heterocycles. The van der Waals surface area contributed by atoms with E-state index in [9.17, 15) is 4.79 Å². The Morgan fingerprint density at radius 2 is 2.04 bits per heavy atom. The second kappa shape index (κ2) is 8.03. The maximum Gasteiger partial charge on any atom is 0.228 e. The topological polar surface area (TPSA) is 51.2 Å². The summed E-state index contributed by atoms with van der Waals surface area (Å²) in [4.78, 5) is 17.8. The van der Waals surface area contributed by atoms with Crippen molar-refractivity contribution in [1.29, 1.82) is 0 Å². The normalized spacial score (nSPS) is 19.3. The first-order chi connectivity index (χ1) is 13.2. The molecular weight excluding hydrogens is 356 g/mol. The van der Waals surface area contributed by atoms with E-state index in [0.717, 1.165) is 34.6 Å². The largest absolute Gasteiger partial charge is 0.380 e. The molecule has 5 heteroatoms. The fraction of sp³-hybridized carbons (Fsp3) is 0.273. The lowest BCUT2D eigenvalue weighted by atomic mass is 9.82. The van der Waals surface area contributed by atoms with Crippen molar-refractivity contribution in [3.05, 3.63) is 71.3 Å². The maximum atomic E-state index is 13.0. The number of hydrogen-bond donors (Lipinski definition) is 1. The van der Waals surface area contributed by atoms with Crippen LogP contribution in [0.25, 0.3) is 10.2 Å². The lowest BCUT2D eigenvalue weighted by Crippen LogP contribution is -2.29. The molecule has 4 rings (SSSR count). The summed E-state index contributed by atoms with van der Waals surface area (Å²) in [6, 6.07) is 16.0. The van der Waals surface area contributed by atoms with Gasteiger partial charge in [0.2, 0.25) is 5.91 Å². The molecule has 1 aliphatic carbocycles. The number of rotatable bonds is 5. The van der Waals surface area contributed by atoms with Crippen molar-refractivity contribution in [1.82, 2.24) is 4.98 Å². The van der Waals surface area contributed by atoms with Gasteiger partial charge in [-0.2, -0.15) is 0 Å². The third kappa shape index (κ3) is 3.94. The smallest absolute Gasteiger partial charge is 0.228 e. The quantitative estimate of drug-likeness (QED) is 0.626. The second-order valence-electron chi connectivity index (χ2n) is 6.80. The first kappa shape index (κ1) is 17.9. The van der Waals surface area contributed by atoms with E-state index in [2.05, 4.69) is 23.5 Å². The van der Waals surface area contributed by atoms with Crippen LogP contribution in [0.2, 0.25) is 0 Å². The van der Waals surface area contributed by atoms with Crippen molar-refractivity contribution in [2.24, 2.45) is 5.92 Å². The Hall–Kier alpha value is -2.50. The van der Waals surface area contributed by atoms with Crippen molar-refractivity contribution in [3.8, 4) is 0 Å². The summed E-state index contributed by atoms with van der Waals surface area (Å²) in [7, 11) is 1.67. The number of ether oxygens (including phenoxy) is 1. The highest BCUT2D eigenvalue weighted by Gasteiger charge is 2.32. The molecule has 0 radical (unpaired) electrons. The summed E-state index contributed by atoms with van der Waals surface area (Å²) in [5, 5.41) is 4.14. The highest BCUT2D eigenvalue weighted by atomic mass is 32.1. The number of anilines is 1. The van der Waals surface area contributed by atoms with Gasteiger partial charge in [-0.3, -0.25) is 4.79 Å². The Labute approximate surface area is 162 Å². The summed E-state index contributed by atoms with van der Waals surface area (Å²) in [5.41, 5.74) is 2.87. The SMILES string of the molecule is COCc1cccc(NC(=O)C2CC=CCC2c2nc3ccccc3s2)c1. The summed E-state index contributed by atoms with van der Waals surface area (Å²) in [6.07, 6.45) is 5.86. The number of methoxy groups -OCH3 is 1. The van der Waals surface area contributed by atoms with Crippen LogP contribution >= 0.6 is 11.3 Å². The number of para-hydroxylation sites is 1. The predicted molar refractivity (Wildman–Crippen MR) is 110 cm³/mol. The van der Waals surface area contributed by atoms with Gasteiger partial charge in [0.1, 0.15) is 0 Å². The first-order valence-electron chi connectivity index (χ1n) is 9.14. The molecular formula is C22H22N2O2S. The summed E-state index contributed by atoms with van der Waals surface area (Å²) in [6.45, 7) is 0.532. The van der Waals surface area contributed by atoms with Crippen LogP contribution in [0.5, 0.6) is 0 Å². The molecule has 0 fully saturated rings. The molecule has 2 unspecified atom stereocenters. The number of allylic oxidation sites excluding steroid dienone is 2. The van der Waals surface area contributed by atoms with Gasteiger partial charge in [-0.25, -0.2) is 4.98 Å². The number of amides is 1. The number of fused-ring (bicyclic) bond motifs is 1. The average molecular weight is 378 g/mol. The van der Waals surface area contributed by atoms with Gasteiger partial charge in [-0.1, -0.05) is 36.4 Å². The van der Waals surface area contributed by atoms with Crippen LogP contribution in [0.15, 0.2) is 60.7 Å². The summed E-state index contributed by atoms with van der Waals surface area (Å²) in [5.74, 6) is 0.0642. The van der Waals surface area contributed by atoms with Crippen LogP contribution in [0.4, 0.5) is 5.69 Å². The average Bonchev–Trinajstić information content (AvgIpc) is 3.13. The Morgan fingerprint density at radius 3 is 2.89 bits per heavy atom. The third-order valence-corrected chi connectivity index (χ3v) is 6.07. The zero-order valence-corrected chi connectivity index (χ0v) is 16.0. The van der Waals surface area contributed by atoms with E-state index in [1.54, 1.807) is 18.4 Å². The summed E-state index contributed by atoms with van der Waals surface area (Å²) < 4.78 is 6.35. The monoisotopic (exact) mass is 378 g/mol. The number of nitrogens with one attached hydrogen (secondary N) is 1. The number of thiazole rings is 1. The number of carbonyl (C=O) groups excluding carboxylic acids is 1. The molecule has 1 amide bonds. The molecule has 27 heavy (non-hydrogen) atoms. The number of nitrogens with zero attached hydrogens (tertiary/aromatic N) is 1. The molecule has 4 nitrogen and oxygen atoms in total. The molecule has 1 aliphatic rings. The molecule has 0 saturated carbocycles. The lowest BCUT2D eigenvalue weighted by molar-refractivity contribution is -0.120. The minimum Gasteiger partial charge on any atom is -0.380 e. The minimum absolute atomic E-state index is 0.0539. The zero-order chi connectivity index (χ0) is 18.6. The van der Waals surface area contributed by atoms with Crippen molar-refractivity contribution < 1.29 is 9.53 Å². The van der Waals surface area contributed by atoms with Crippen LogP contribution < -0.4 is 5.32 Å². The molecule has 1 aromatic heterocycles. The van der Waals surface area contributed by atoms with Gasteiger partial charge >= 0.3 is 0 Å². The van der Waals surface area contributed by atoms with Gasteiger partial charge < -0.3 is 10.1 Å². The second-order valence-corrected chi connectivity index (χ2v) is 7.86. The lowest BCUT2D eigenvalue weighted by Gasteiger charge is -2.26. The number of hydrogen-bond acceptors (Lipinski definition) is 4. The molecule has 1 heterocycles. The van der Waals surface area contributed by atoms with E-state index >= 15 is 0 Å². The molecule has 3 aromatic rings. The molecule has 0 aliphatic heterocycles. The van der Waals surface area contributed by atoms with Crippen molar-refractivity contribution in [2.75, 3.05) is 12.4 Å². The van der Waals surface area contributed by atoms with Gasteiger partial charge in [-0.15, -0.1) is 11.3 Å². The standard InChI is InChI=1S/C22H22N2O2S/c1-26-14-15-7-6-8-16(13-15)23-21(25)17-9-2-3-10-18(17)22-24-19-11-4-5-12-20(19)27-22/h2-8,11-13,17-18H,9-10,14H2,1H3,(H,23,25). The van der Waals surface area contributed by atoms with E-state index in [4.69, 9.17) is 9.72 Å². The Kier molecular flexibility index (Phi) is 5.32. The third-order valence-electron chi connectivity index (χ3n) is 4.90. The van der Waals surface area contributed by atoms with Crippen molar-refractivity contribution in [2.45, 2.75) is 25.4 Å². The molecule has 2 aromatic carbocycles. The predicted octanol–water partition coefficient (Wildman–Crippen LogP) is 5.13. The maximum absolute atomic E-state index is 13.0. The zero-order valence-electron chi connectivity index (χ0n) is 15.2. The molecule has 0 spiro atoms. The van der Waals surface area contributed by atoms with E-state index < -0.39 is 0 Å².